The topological polar surface area (TPSA) is 38.8 Å². The molecule has 6 heteroatoms. The molecule has 0 saturated heterocycles. The lowest BCUT2D eigenvalue weighted by molar-refractivity contribution is 0.0226. The van der Waals surface area contributed by atoms with Crippen LogP contribution in [0.5, 0.6) is 5.75 Å². The lowest BCUT2D eigenvalue weighted by Gasteiger charge is -2.25. The van der Waals surface area contributed by atoms with Gasteiger partial charge in [0.2, 0.25) is 0 Å². The molecule has 0 atom stereocenters. The molecule has 1 saturated carbocycles. The van der Waals surface area contributed by atoms with Crippen molar-refractivity contribution in [2.24, 2.45) is 0 Å². The average molecular weight is 374 g/mol. The monoisotopic (exact) mass is 373 g/mol. The molecule has 1 fully saturated rings. The molecule has 0 N–H and O–H groups in total. The van der Waals surface area contributed by atoms with Gasteiger partial charge in [0, 0.05) is 5.56 Å². The summed E-state index contributed by atoms with van der Waals surface area (Å²) in [6, 6.07) is 0. The van der Waals surface area contributed by atoms with Crippen molar-refractivity contribution in [3.05, 3.63) is 14.2 Å². The molecule has 0 unspecified atom stereocenters. The lowest BCUT2D eigenvalue weighted by Crippen LogP contribution is -2.37. The van der Waals surface area contributed by atoms with Gasteiger partial charge in [0.1, 0.15) is 18.0 Å². The Morgan fingerprint density at radius 2 is 2.14 bits per heavy atom. The second-order valence-electron chi connectivity index (χ2n) is 6.57. The van der Waals surface area contributed by atoms with Crippen molar-refractivity contribution >= 4 is 33.4 Å². The quantitative estimate of drug-likeness (QED) is 0.726. The SMILES string of the molecule is CC(C)(C)OC(=O)N1CCOc2c(sc(Br)c2C2CC2)C1. The number of carbonyl (C=O) groups is 1. The van der Waals surface area contributed by atoms with Crippen LogP contribution in [0.2, 0.25) is 0 Å². The summed E-state index contributed by atoms with van der Waals surface area (Å²) in [6.07, 6.45) is 2.21. The molecule has 2 heterocycles. The standard InChI is InChI=1S/C15H20BrNO3S/c1-15(2,3)20-14(18)17-6-7-19-12-10(8-17)21-13(16)11(12)9-4-5-9/h9H,4-8H2,1-3H3. The molecule has 1 aromatic heterocycles. The van der Waals surface area contributed by atoms with E-state index in [0.29, 0.717) is 25.6 Å². The first kappa shape index (κ1) is 15.2. The minimum atomic E-state index is -0.470. The molecule has 3 rings (SSSR count). The molecule has 0 bridgehead atoms. The molecule has 1 aliphatic heterocycles. The van der Waals surface area contributed by atoms with Crippen LogP contribution in [0.25, 0.3) is 0 Å². The van der Waals surface area contributed by atoms with Crippen molar-refractivity contribution in [2.45, 2.75) is 51.7 Å². The van der Waals surface area contributed by atoms with Gasteiger partial charge in [0.25, 0.3) is 0 Å². The Kier molecular flexibility index (Phi) is 3.94. The Morgan fingerprint density at radius 1 is 1.43 bits per heavy atom. The molecule has 1 amide bonds. The highest BCUT2D eigenvalue weighted by Crippen LogP contribution is 2.53. The summed E-state index contributed by atoms with van der Waals surface area (Å²) >= 11 is 5.33. The van der Waals surface area contributed by atoms with Gasteiger partial charge in [0.15, 0.2) is 0 Å². The Hall–Kier alpha value is -0.750. The van der Waals surface area contributed by atoms with Crippen molar-refractivity contribution in [1.82, 2.24) is 4.90 Å². The molecule has 2 aliphatic rings. The largest absolute Gasteiger partial charge is 0.490 e. The van der Waals surface area contributed by atoms with E-state index in [1.54, 1.807) is 16.2 Å². The summed E-state index contributed by atoms with van der Waals surface area (Å²) in [5.74, 6) is 1.63. The van der Waals surface area contributed by atoms with Crippen molar-refractivity contribution in [3.63, 3.8) is 0 Å². The van der Waals surface area contributed by atoms with E-state index in [-0.39, 0.29) is 6.09 Å². The van der Waals surface area contributed by atoms with Crippen molar-refractivity contribution < 1.29 is 14.3 Å². The van der Waals surface area contributed by atoms with Crippen LogP contribution in [0.3, 0.4) is 0 Å². The van der Waals surface area contributed by atoms with Crippen LogP contribution in [0.1, 0.15) is 50.0 Å². The predicted molar refractivity (Wildman–Crippen MR) is 86.1 cm³/mol. The van der Waals surface area contributed by atoms with Crippen LogP contribution in [-0.4, -0.2) is 29.7 Å². The third kappa shape index (κ3) is 3.37. The maximum Gasteiger partial charge on any atom is 0.410 e. The fourth-order valence-electron chi connectivity index (χ4n) is 2.42. The van der Waals surface area contributed by atoms with E-state index in [9.17, 15) is 4.79 Å². The summed E-state index contributed by atoms with van der Waals surface area (Å²) in [4.78, 5) is 15.1. The maximum atomic E-state index is 12.3. The van der Waals surface area contributed by atoms with Crippen molar-refractivity contribution in [1.29, 1.82) is 0 Å². The van der Waals surface area contributed by atoms with Crippen LogP contribution in [0.4, 0.5) is 4.79 Å². The van der Waals surface area contributed by atoms with Crippen LogP contribution in [0, 0.1) is 0 Å². The number of ether oxygens (including phenoxy) is 2. The van der Waals surface area contributed by atoms with E-state index >= 15 is 0 Å². The summed E-state index contributed by atoms with van der Waals surface area (Å²) in [6.45, 7) is 7.32. The highest BCUT2D eigenvalue weighted by atomic mass is 79.9. The molecule has 21 heavy (non-hydrogen) atoms. The van der Waals surface area contributed by atoms with E-state index in [4.69, 9.17) is 9.47 Å². The van der Waals surface area contributed by atoms with Gasteiger partial charge in [-0.1, -0.05) is 0 Å². The van der Waals surface area contributed by atoms with Crippen LogP contribution in [0.15, 0.2) is 3.79 Å². The highest BCUT2D eigenvalue weighted by molar-refractivity contribution is 9.11. The first-order chi connectivity index (χ1) is 9.85. The molecule has 0 spiro atoms. The van der Waals surface area contributed by atoms with Gasteiger partial charge >= 0.3 is 6.09 Å². The zero-order valence-corrected chi connectivity index (χ0v) is 15.0. The maximum absolute atomic E-state index is 12.3. The average Bonchev–Trinajstić information content (AvgIpc) is 3.14. The number of hydrogen-bond donors (Lipinski definition) is 0. The van der Waals surface area contributed by atoms with Crippen molar-refractivity contribution in [3.8, 4) is 5.75 Å². The Bertz CT molecular complexity index is 560. The third-order valence-corrected chi connectivity index (χ3v) is 5.37. The van der Waals surface area contributed by atoms with E-state index in [2.05, 4.69) is 15.9 Å². The molecule has 116 valence electrons. The van der Waals surface area contributed by atoms with Gasteiger partial charge in [-0.2, -0.15) is 0 Å². The second-order valence-corrected chi connectivity index (χ2v) is 8.99. The molecule has 4 nitrogen and oxygen atoms in total. The predicted octanol–water partition coefficient (Wildman–Crippen LogP) is 4.52. The van der Waals surface area contributed by atoms with Gasteiger partial charge < -0.3 is 9.47 Å². The number of hydrogen-bond acceptors (Lipinski definition) is 4. The Morgan fingerprint density at radius 3 is 2.76 bits per heavy atom. The molecular weight excluding hydrogens is 354 g/mol. The fourth-order valence-corrected chi connectivity index (χ4v) is 4.58. The summed E-state index contributed by atoms with van der Waals surface area (Å²) in [7, 11) is 0. The number of rotatable bonds is 1. The lowest BCUT2D eigenvalue weighted by atomic mass is 10.2. The van der Waals surface area contributed by atoms with Gasteiger partial charge in [0.05, 0.1) is 21.8 Å². The molecular formula is C15H20BrNO3S. The van der Waals surface area contributed by atoms with Crippen LogP contribution < -0.4 is 4.74 Å². The first-order valence-electron chi connectivity index (χ1n) is 7.27. The smallest absolute Gasteiger partial charge is 0.410 e. The minimum absolute atomic E-state index is 0.267. The molecule has 0 aromatic carbocycles. The second kappa shape index (κ2) is 5.47. The number of amides is 1. The Labute approximate surface area is 137 Å². The van der Waals surface area contributed by atoms with Crippen LogP contribution in [-0.2, 0) is 11.3 Å². The Balaban J connectivity index is 1.80. The van der Waals surface area contributed by atoms with E-state index in [1.165, 1.54) is 18.4 Å². The first-order valence-corrected chi connectivity index (χ1v) is 8.88. The van der Waals surface area contributed by atoms with Gasteiger partial charge in [-0.3, -0.25) is 4.90 Å². The van der Waals surface area contributed by atoms with Gasteiger partial charge in [-0.05, 0) is 55.5 Å². The van der Waals surface area contributed by atoms with Crippen molar-refractivity contribution in [2.75, 3.05) is 13.2 Å². The summed E-state index contributed by atoms with van der Waals surface area (Å²) in [5.41, 5.74) is 0.837. The van der Waals surface area contributed by atoms with E-state index in [1.807, 2.05) is 20.8 Å². The number of halogens is 1. The van der Waals surface area contributed by atoms with Gasteiger partial charge in [-0.25, -0.2) is 4.79 Å². The number of thiophene rings is 1. The minimum Gasteiger partial charge on any atom is -0.490 e. The fraction of sp³-hybridized carbons (Fsp3) is 0.667. The number of fused-ring (bicyclic) bond motifs is 1. The number of carbonyl (C=O) groups excluding carboxylic acids is 1. The number of nitrogens with zero attached hydrogens (tertiary/aromatic N) is 1. The summed E-state index contributed by atoms with van der Waals surface area (Å²) in [5, 5.41) is 0. The normalized spacial score (nSPS) is 18.8. The third-order valence-electron chi connectivity index (χ3n) is 3.50. The molecule has 1 aliphatic carbocycles. The molecule has 0 radical (unpaired) electrons. The van der Waals surface area contributed by atoms with Gasteiger partial charge in [-0.15, -0.1) is 11.3 Å². The van der Waals surface area contributed by atoms with E-state index in [0.717, 1.165) is 14.4 Å². The summed E-state index contributed by atoms with van der Waals surface area (Å²) < 4.78 is 12.6. The van der Waals surface area contributed by atoms with Crippen LogP contribution >= 0.6 is 27.3 Å². The van der Waals surface area contributed by atoms with E-state index < -0.39 is 5.60 Å². The molecule has 1 aromatic rings. The highest BCUT2D eigenvalue weighted by Gasteiger charge is 2.35. The zero-order valence-electron chi connectivity index (χ0n) is 12.6. The zero-order chi connectivity index (χ0) is 15.2.